The minimum atomic E-state index is -4.43. The van der Waals surface area contributed by atoms with Crippen LogP contribution in [0.1, 0.15) is 22.5 Å². The summed E-state index contributed by atoms with van der Waals surface area (Å²) in [4.78, 5) is 0. The minimum Gasteiger partial charge on any atom is -0.308 e. The number of nitrogens with zero attached hydrogens (tertiary/aromatic N) is 2. The van der Waals surface area contributed by atoms with Gasteiger partial charge in [-0.3, -0.25) is 4.68 Å². The molecule has 1 aromatic heterocycles. The molecule has 118 valence electrons. The van der Waals surface area contributed by atoms with Crippen LogP contribution in [0.15, 0.2) is 30.3 Å². The highest BCUT2D eigenvalue weighted by Gasteiger charge is 2.39. The molecule has 0 atom stereocenters. The van der Waals surface area contributed by atoms with Gasteiger partial charge in [-0.05, 0) is 17.2 Å². The second-order valence-electron chi connectivity index (χ2n) is 4.98. The van der Waals surface area contributed by atoms with Crippen LogP contribution < -0.4 is 5.32 Å². The summed E-state index contributed by atoms with van der Waals surface area (Å²) in [6.45, 7) is 0.711. The lowest BCUT2D eigenvalue weighted by Gasteiger charge is -2.18. The summed E-state index contributed by atoms with van der Waals surface area (Å²) >= 11 is 0. The number of aryl methyl sites for hydroxylation is 1. The lowest BCUT2D eigenvalue weighted by atomic mass is 9.99. The maximum absolute atomic E-state index is 13.0. The van der Waals surface area contributed by atoms with Gasteiger partial charge in [-0.25, -0.2) is 0 Å². The lowest BCUT2D eigenvalue weighted by Crippen LogP contribution is -2.25. The highest BCUT2D eigenvalue weighted by atomic mass is 35.5. The van der Waals surface area contributed by atoms with Gasteiger partial charge >= 0.3 is 6.18 Å². The van der Waals surface area contributed by atoms with E-state index in [4.69, 9.17) is 0 Å². The van der Waals surface area contributed by atoms with Gasteiger partial charge in [-0.15, -0.1) is 12.4 Å². The van der Waals surface area contributed by atoms with E-state index in [0.29, 0.717) is 12.2 Å². The van der Waals surface area contributed by atoms with Crippen LogP contribution in [0.25, 0.3) is 11.6 Å². The Hall–Kier alpha value is -1.79. The number of fused-ring (bicyclic) bond motifs is 1. The van der Waals surface area contributed by atoms with Crippen molar-refractivity contribution in [1.82, 2.24) is 15.1 Å². The number of alkyl halides is 3. The van der Waals surface area contributed by atoms with Crippen LogP contribution in [-0.4, -0.2) is 16.3 Å². The van der Waals surface area contributed by atoms with Crippen molar-refractivity contribution >= 4 is 24.1 Å². The van der Waals surface area contributed by atoms with Crippen molar-refractivity contribution in [2.45, 2.75) is 12.7 Å². The smallest absolute Gasteiger partial charge is 0.308 e. The van der Waals surface area contributed by atoms with Crippen LogP contribution in [0.3, 0.4) is 0 Å². The normalized spacial score (nSPS) is 16.3. The summed E-state index contributed by atoms with van der Waals surface area (Å²) in [5.74, 6) is 0. The minimum absolute atomic E-state index is 0. The second kappa shape index (κ2) is 6.14. The Labute approximate surface area is 132 Å². The third-order valence-electron chi connectivity index (χ3n) is 3.48. The van der Waals surface area contributed by atoms with E-state index in [1.807, 2.05) is 36.4 Å². The first-order valence-corrected chi connectivity index (χ1v) is 6.56. The van der Waals surface area contributed by atoms with Gasteiger partial charge in [-0.1, -0.05) is 30.3 Å². The Morgan fingerprint density at radius 2 is 1.86 bits per heavy atom. The van der Waals surface area contributed by atoms with Crippen molar-refractivity contribution in [3.8, 4) is 0 Å². The molecule has 2 heterocycles. The monoisotopic (exact) mass is 329 g/mol. The number of nitrogens with one attached hydrogen (secondary N) is 1. The van der Waals surface area contributed by atoms with Gasteiger partial charge in [0.15, 0.2) is 5.69 Å². The molecule has 0 fully saturated rings. The lowest BCUT2D eigenvalue weighted by molar-refractivity contribution is -0.142. The maximum atomic E-state index is 13.0. The van der Waals surface area contributed by atoms with E-state index in [0.717, 1.165) is 11.1 Å². The fraction of sp³-hybridized carbons (Fsp3) is 0.267. The van der Waals surface area contributed by atoms with E-state index in [2.05, 4.69) is 10.4 Å². The molecule has 22 heavy (non-hydrogen) atoms. The summed E-state index contributed by atoms with van der Waals surface area (Å²) in [7, 11) is 1.55. The molecular weight excluding hydrogens is 315 g/mol. The van der Waals surface area contributed by atoms with E-state index in [1.54, 1.807) is 7.05 Å². The molecule has 0 aliphatic carbocycles. The van der Waals surface area contributed by atoms with Crippen LogP contribution in [0, 0.1) is 0 Å². The third kappa shape index (κ3) is 3.03. The maximum Gasteiger partial charge on any atom is 0.435 e. The van der Waals surface area contributed by atoms with E-state index >= 15 is 0 Å². The molecule has 1 N–H and O–H groups in total. The largest absolute Gasteiger partial charge is 0.435 e. The van der Waals surface area contributed by atoms with E-state index in [-0.39, 0.29) is 24.5 Å². The fourth-order valence-electron chi connectivity index (χ4n) is 2.64. The Bertz CT molecular complexity index is 690. The van der Waals surface area contributed by atoms with Crippen molar-refractivity contribution in [2.75, 3.05) is 6.54 Å². The summed E-state index contributed by atoms with van der Waals surface area (Å²) in [5, 5.41) is 6.68. The van der Waals surface area contributed by atoms with Crippen LogP contribution >= 0.6 is 12.4 Å². The van der Waals surface area contributed by atoms with Gasteiger partial charge in [0.05, 0.1) is 5.69 Å². The van der Waals surface area contributed by atoms with Gasteiger partial charge < -0.3 is 5.32 Å². The standard InChI is InChI=1S/C15H14F3N3.ClH/c1-21-13-11(7-10-5-3-2-4-6-10)8-19-9-12(13)14(20-21)15(16,17)18;/h2-7,19H,8-9H2,1H3;1H/b11-7+;. The molecule has 0 saturated carbocycles. The zero-order valence-electron chi connectivity index (χ0n) is 11.8. The number of rotatable bonds is 1. The predicted octanol–water partition coefficient (Wildman–Crippen LogP) is 3.50. The average Bonchev–Trinajstić information content (AvgIpc) is 2.79. The molecule has 0 radical (unpaired) electrons. The van der Waals surface area contributed by atoms with Crippen LogP contribution in [-0.2, 0) is 19.8 Å². The molecule has 3 rings (SSSR count). The first-order chi connectivity index (χ1) is 9.97. The van der Waals surface area contributed by atoms with E-state index < -0.39 is 11.9 Å². The van der Waals surface area contributed by atoms with Gasteiger partial charge in [0, 0.05) is 25.7 Å². The molecule has 0 spiro atoms. The quantitative estimate of drug-likeness (QED) is 0.867. The Morgan fingerprint density at radius 3 is 2.50 bits per heavy atom. The molecule has 1 aliphatic heterocycles. The molecule has 0 saturated heterocycles. The van der Waals surface area contributed by atoms with E-state index in [9.17, 15) is 13.2 Å². The van der Waals surface area contributed by atoms with Gasteiger partial charge in [0.1, 0.15) is 0 Å². The number of benzene rings is 1. The van der Waals surface area contributed by atoms with E-state index in [1.165, 1.54) is 4.68 Å². The molecule has 0 amide bonds. The molecule has 0 unspecified atom stereocenters. The van der Waals surface area contributed by atoms with Crippen LogP contribution in [0.4, 0.5) is 13.2 Å². The van der Waals surface area contributed by atoms with Crippen molar-refractivity contribution in [3.05, 3.63) is 52.8 Å². The van der Waals surface area contributed by atoms with Crippen molar-refractivity contribution in [2.24, 2.45) is 7.05 Å². The first kappa shape index (κ1) is 16.6. The third-order valence-corrected chi connectivity index (χ3v) is 3.48. The zero-order valence-corrected chi connectivity index (χ0v) is 12.6. The first-order valence-electron chi connectivity index (χ1n) is 6.56. The molecule has 1 aliphatic rings. The van der Waals surface area contributed by atoms with Gasteiger partial charge in [0.25, 0.3) is 0 Å². The van der Waals surface area contributed by atoms with Crippen molar-refractivity contribution in [1.29, 1.82) is 0 Å². The number of hydrogen-bond donors (Lipinski definition) is 1. The molecule has 0 bridgehead atoms. The summed E-state index contributed by atoms with van der Waals surface area (Å²) in [5.41, 5.74) is 1.75. The van der Waals surface area contributed by atoms with Crippen LogP contribution in [0.5, 0.6) is 0 Å². The van der Waals surface area contributed by atoms with Gasteiger partial charge in [-0.2, -0.15) is 18.3 Å². The Balaban J connectivity index is 0.00000176. The highest BCUT2D eigenvalue weighted by Crippen LogP contribution is 2.36. The van der Waals surface area contributed by atoms with Crippen molar-refractivity contribution < 1.29 is 13.2 Å². The molecule has 1 aromatic carbocycles. The Morgan fingerprint density at radius 1 is 1.18 bits per heavy atom. The second-order valence-corrected chi connectivity index (χ2v) is 4.98. The molecule has 2 aromatic rings. The number of aromatic nitrogens is 2. The predicted molar refractivity (Wildman–Crippen MR) is 81.5 cm³/mol. The topological polar surface area (TPSA) is 29.9 Å². The molecular formula is C15H15ClF3N3. The Kier molecular flexibility index (Phi) is 4.63. The van der Waals surface area contributed by atoms with Crippen molar-refractivity contribution in [3.63, 3.8) is 0 Å². The van der Waals surface area contributed by atoms with Crippen LogP contribution in [0.2, 0.25) is 0 Å². The average molecular weight is 330 g/mol. The summed E-state index contributed by atoms with van der Waals surface area (Å²) in [6, 6.07) is 9.53. The SMILES string of the molecule is Cl.Cn1nc(C(F)(F)F)c2c1/C(=C/c1ccccc1)CNC2. The zero-order chi connectivity index (χ0) is 15.0. The molecule has 3 nitrogen and oxygen atoms in total. The summed E-state index contributed by atoms with van der Waals surface area (Å²) in [6.07, 6.45) is -2.53. The van der Waals surface area contributed by atoms with Gasteiger partial charge in [0.2, 0.25) is 0 Å². The fourth-order valence-corrected chi connectivity index (χ4v) is 2.64. The summed E-state index contributed by atoms with van der Waals surface area (Å²) < 4.78 is 40.4. The number of halogens is 4. The number of hydrogen-bond acceptors (Lipinski definition) is 2. The molecule has 7 heteroatoms. The highest BCUT2D eigenvalue weighted by molar-refractivity contribution is 5.85.